The summed E-state index contributed by atoms with van der Waals surface area (Å²) in [6.45, 7) is 5.09. The molecule has 0 radical (unpaired) electrons. The number of aryl methyl sites for hydroxylation is 2. The van der Waals surface area contributed by atoms with Crippen molar-refractivity contribution in [1.29, 1.82) is 0 Å². The molecule has 1 fully saturated rings. The summed E-state index contributed by atoms with van der Waals surface area (Å²) in [6, 6.07) is 15.3. The van der Waals surface area contributed by atoms with Gasteiger partial charge in [0.25, 0.3) is 0 Å². The van der Waals surface area contributed by atoms with E-state index in [0.29, 0.717) is 6.04 Å². The van der Waals surface area contributed by atoms with Crippen LogP contribution in [0.5, 0.6) is 11.5 Å². The van der Waals surface area contributed by atoms with E-state index in [1.165, 1.54) is 29.5 Å². The third-order valence-corrected chi connectivity index (χ3v) is 3.62. The van der Waals surface area contributed by atoms with Gasteiger partial charge in [-0.15, -0.1) is 0 Å². The summed E-state index contributed by atoms with van der Waals surface area (Å²) in [7, 11) is 0. The second-order valence-electron chi connectivity index (χ2n) is 5.68. The van der Waals surface area contributed by atoms with Crippen molar-refractivity contribution in [3.8, 4) is 11.5 Å². The van der Waals surface area contributed by atoms with Gasteiger partial charge in [0.05, 0.1) is 0 Å². The van der Waals surface area contributed by atoms with Crippen molar-refractivity contribution in [2.24, 2.45) is 0 Å². The molecule has 1 aliphatic carbocycles. The second-order valence-corrected chi connectivity index (χ2v) is 5.68. The summed E-state index contributed by atoms with van der Waals surface area (Å²) in [5.41, 5.74) is 3.75. The van der Waals surface area contributed by atoms with Crippen molar-refractivity contribution in [2.45, 2.75) is 39.3 Å². The molecular formula is C18H21NO. The van der Waals surface area contributed by atoms with Crippen LogP contribution in [0.4, 0.5) is 0 Å². The predicted molar refractivity (Wildman–Crippen MR) is 82.3 cm³/mol. The molecule has 2 aromatic carbocycles. The monoisotopic (exact) mass is 267 g/mol. The van der Waals surface area contributed by atoms with Crippen LogP contribution in [0.1, 0.15) is 29.5 Å². The largest absolute Gasteiger partial charge is 0.457 e. The van der Waals surface area contributed by atoms with Crippen LogP contribution in [0.25, 0.3) is 0 Å². The summed E-state index contributed by atoms with van der Waals surface area (Å²) in [4.78, 5) is 0. The molecule has 2 heteroatoms. The molecule has 0 spiro atoms. The fraction of sp³-hybridized carbons (Fsp3) is 0.333. The number of nitrogens with one attached hydrogen (secondary N) is 1. The molecule has 20 heavy (non-hydrogen) atoms. The van der Waals surface area contributed by atoms with Gasteiger partial charge in [-0.25, -0.2) is 0 Å². The van der Waals surface area contributed by atoms with Gasteiger partial charge in [-0.05, 0) is 44.9 Å². The maximum absolute atomic E-state index is 6.03. The quantitative estimate of drug-likeness (QED) is 0.869. The van der Waals surface area contributed by atoms with Crippen LogP contribution < -0.4 is 10.1 Å². The first-order valence-corrected chi connectivity index (χ1v) is 7.28. The molecular weight excluding hydrogens is 246 g/mol. The van der Waals surface area contributed by atoms with Crippen LogP contribution in [-0.4, -0.2) is 6.04 Å². The van der Waals surface area contributed by atoms with E-state index in [1.54, 1.807) is 0 Å². The van der Waals surface area contributed by atoms with Gasteiger partial charge in [0.15, 0.2) is 0 Å². The van der Waals surface area contributed by atoms with Gasteiger partial charge in [-0.2, -0.15) is 0 Å². The summed E-state index contributed by atoms with van der Waals surface area (Å²) in [6.07, 6.45) is 2.61. The zero-order valence-electron chi connectivity index (χ0n) is 12.1. The maximum Gasteiger partial charge on any atom is 0.131 e. The van der Waals surface area contributed by atoms with Gasteiger partial charge in [-0.3, -0.25) is 0 Å². The van der Waals surface area contributed by atoms with Gasteiger partial charge in [0.1, 0.15) is 11.5 Å². The lowest BCUT2D eigenvalue weighted by molar-refractivity contribution is 0.472. The lowest BCUT2D eigenvalue weighted by Crippen LogP contribution is -2.15. The number of hydrogen-bond donors (Lipinski definition) is 1. The average molecular weight is 267 g/mol. The third kappa shape index (κ3) is 3.40. The second kappa shape index (κ2) is 5.68. The van der Waals surface area contributed by atoms with Crippen LogP contribution >= 0.6 is 0 Å². The maximum atomic E-state index is 6.03. The summed E-state index contributed by atoms with van der Waals surface area (Å²) in [5.74, 6) is 1.85. The minimum absolute atomic E-state index is 0.711. The Labute approximate surface area is 120 Å². The topological polar surface area (TPSA) is 21.3 Å². The Morgan fingerprint density at radius 3 is 2.40 bits per heavy atom. The average Bonchev–Trinajstić information content (AvgIpc) is 3.25. The molecule has 0 bridgehead atoms. The molecule has 0 unspecified atom stereocenters. The van der Waals surface area contributed by atoms with E-state index >= 15 is 0 Å². The van der Waals surface area contributed by atoms with Crippen molar-refractivity contribution in [2.75, 3.05) is 0 Å². The summed E-state index contributed by atoms with van der Waals surface area (Å²) in [5, 5.41) is 3.56. The lowest BCUT2D eigenvalue weighted by Gasteiger charge is -2.13. The third-order valence-electron chi connectivity index (χ3n) is 3.62. The number of benzene rings is 2. The highest BCUT2D eigenvalue weighted by Crippen LogP contribution is 2.28. The molecule has 2 aromatic rings. The van der Waals surface area contributed by atoms with E-state index < -0.39 is 0 Å². The molecule has 0 atom stereocenters. The van der Waals surface area contributed by atoms with Crippen LogP contribution in [0.15, 0.2) is 42.5 Å². The SMILES string of the molecule is Cc1ccc(Oc2ccc(C)cc2CNC2CC2)cc1. The fourth-order valence-corrected chi connectivity index (χ4v) is 2.22. The number of ether oxygens (including phenoxy) is 1. The van der Waals surface area contributed by atoms with E-state index in [0.717, 1.165) is 18.0 Å². The van der Waals surface area contributed by atoms with Crippen LogP contribution in [0, 0.1) is 13.8 Å². The first kappa shape index (κ1) is 13.2. The zero-order valence-corrected chi connectivity index (χ0v) is 12.1. The van der Waals surface area contributed by atoms with Gasteiger partial charge in [-0.1, -0.05) is 35.4 Å². The van der Waals surface area contributed by atoms with Gasteiger partial charge >= 0.3 is 0 Å². The smallest absolute Gasteiger partial charge is 0.131 e. The van der Waals surface area contributed by atoms with Crippen molar-refractivity contribution in [3.05, 3.63) is 59.2 Å². The number of rotatable bonds is 5. The Hall–Kier alpha value is -1.80. The van der Waals surface area contributed by atoms with E-state index in [1.807, 2.05) is 12.1 Å². The fourth-order valence-electron chi connectivity index (χ4n) is 2.22. The van der Waals surface area contributed by atoms with Crippen molar-refractivity contribution in [3.63, 3.8) is 0 Å². The minimum atomic E-state index is 0.711. The van der Waals surface area contributed by atoms with E-state index in [4.69, 9.17) is 4.74 Å². The Bertz CT molecular complexity index is 585. The first-order valence-electron chi connectivity index (χ1n) is 7.28. The Morgan fingerprint density at radius 2 is 1.70 bits per heavy atom. The molecule has 3 rings (SSSR count). The molecule has 0 aliphatic heterocycles. The minimum Gasteiger partial charge on any atom is -0.457 e. The highest BCUT2D eigenvalue weighted by molar-refractivity contribution is 5.40. The summed E-state index contributed by atoms with van der Waals surface area (Å²) >= 11 is 0. The normalized spacial score (nSPS) is 14.3. The predicted octanol–water partition coefficient (Wildman–Crippen LogP) is 4.35. The molecule has 104 valence electrons. The van der Waals surface area contributed by atoms with Crippen LogP contribution in [0.3, 0.4) is 0 Å². The molecule has 0 saturated heterocycles. The van der Waals surface area contributed by atoms with E-state index in [-0.39, 0.29) is 0 Å². The molecule has 0 amide bonds. The zero-order chi connectivity index (χ0) is 13.9. The first-order chi connectivity index (χ1) is 9.70. The van der Waals surface area contributed by atoms with Crippen molar-refractivity contribution >= 4 is 0 Å². The Kier molecular flexibility index (Phi) is 3.75. The highest BCUT2D eigenvalue weighted by atomic mass is 16.5. The Morgan fingerprint density at radius 1 is 1.00 bits per heavy atom. The van der Waals surface area contributed by atoms with Gasteiger partial charge in [0.2, 0.25) is 0 Å². The molecule has 1 N–H and O–H groups in total. The van der Waals surface area contributed by atoms with E-state index in [2.05, 4.69) is 49.5 Å². The van der Waals surface area contributed by atoms with Crippen molar-refractivity contribution < 1.29 is 4.74 Å². The molecule has 1 aliphatic rings. The number of hydrogen-bond acceptors (Lipinski definition) is 2. The van der Waals surface area contributed by atoms with Crippen LogP contribution in [0.2, 0.25) is 0 Å². The summed E-state index contributed by atoms with van der Waals surface area (Å²) < 4.78 is 6.03. The van der Waals surface area contributed by atoms with E-state index in [9.17, 15) is 0 Å². The van der Waals surface area contributed by atoms with Crippen molar-refractivity contribution in [1.82, 2.24) is 5.32 Å². The molecule has 0 heterocycles. The molecule has 1 saturated carbocycles. The van der Waals surface area contributed by atoms with Crippen LogP contribution in [-0.2, 0) is 6.54 Å². The van der Waals surface area contributed by atoms with Gasteiger partial charge in [0, 0.05) is 18.2 Å². The highest BCUT2D eigenvalue weighted by Gasteiger charge is 2.20. The molecule has 2 nitrogen and oxygen atoms in total. The molecule has 0 aromatic heterocycles. The lowest BCUT2D eigenvalue weighted by atomic mass is 10.1. The Balaban J connectivity index is 1.77. The standard InChI is InChI=1S/C18H21NO/c1-13-3-8-17(9-4-13)20-18-10-5-14(2)11-15(18)12-19-16-6-7-16/h3-5,8-11,16,19H,6-7,12H2,1-2H3. The van der Waals surface area contributed by atoms with Gasteiger partial charge < -0.3 is 10.1 Å².